The second-order valence-corrected chi connectivity index (χ2v) is 8.33. The standard InChI is InChI=1S/C21H25N5O4/c1-13(27)18-11-26(24-23-18)9-16-7-15-4-5-25(16)10-17(15)21(28)22-8-14-2-3-19-20(6-14)30-12-29-19/h2-3,6,11,15-17H,4-5,7-10,12H2,1H3,(H,22,28)/t15?,16-,17+/m1/s1. The number of ketones is 1. The minimum Gasteiger partial charge on any atom is -0.454 e. The van der Waals surface area contributed by atoms with E-state index in [2.05, 4.69) is 20.5 Å². The number of carbonyl (C=O) groups excluding carboxylic acids is 2. The van der Waals surface area contributed by atoms with Crippen molar-refractivity contribution in [3.8, 4) is 11.5 Å². The minimum absolute atomic E-state index is 0.00698. The van der Waals surface area contributed by atoms with Crippen LogP contribution >= 0.6 is 0 Å². The maximum Gasteiger partial charge on any atom is 0.231 e. The van der Waals surface area contributed by atoms with Gasteiger partial charge < -0.3 is 14.8 Å². The molecule has 1 aromatic carbocycles. The number of ether oxygens (including phenoxy) is 2. The number of hydrogen-bond donors (Lipinski definition) is 1. The van der Waals surface area contributed by atoms with Gasteiger partial charge in [-0.2, -0.15) is 0 Å². The predicted octanol–water partition coefficient (Wildman–Crippen LogP) is 1.24. The average molecular weight is 411 g/mol. The molecule has 5 heterocycles. The monoisotopic (exact) mass is 411 g/mol. The van der Waals surface area contributed by atoms with Crippen LogP contribution in [0.1, 0.15) is 35.8 Å². The molecule has 0 spiro atoms. The Kier molecular flexibility index (Phi) is 4.90. The predicted molar refractivity (Wildman–Crippen MR) is 106 cm³/mol. The van der Waals surface area contributed by atoms with E-state index in [-0.39, 0.29) is 24.4 Å². The van der Waals surface area contributed by atoms with Gasteiger partial charge in [0.25, 0.3) is 0 Å². The summed E-state index contributed by atoms with van der Waals surface area (Å²) in [5, 5.41) is 11.1. The van der Waals surface area contributed by atoms with E-state index in [0.29, 0.717) is 30.7 Å². The van der Waals surface area contributed by atoms with Crippen LogP contribution in [0.3, 0.4) is 0 Å². The third-order valence-electron chi connectivity index (χ3n) is 6.42. The van der Waals surface area contributed by atoms with E-state index >= 15 is 0 Å². The van der Waals surface area contributed by atoms with Gasteiger partial charge in [-0.25, -0.2) is 0 Å². The lowest BCUT2D eigenvalue weighted by Crippen LogP contribution is -2.58. The first-order chi connectivity index (χ1) is 14.6. The van der Waals surface area contributed by atoms with Gasteiger partial charge in [-0.05, 0) is 43.0 Å². The van der Waals surface area contributed by atoms with Crippen molar-refractivity contribution in [1.29, 1.82) is 0 Å². The van der Waals surface area contributed by atoms with Gasteiger partial charge in [-0.15, -0.1) is 5.10 Å². The molecule has 1 N–H and O–H groups in total. The zero-order chi connectivity index (χ0) is 20.7. The zero-order valence-electron chi connectivity index (χ0n) is 16.9. The topological polar surface area (TPSA) is 98.6 Å². The van der Waals surface area contributed by atoms with E-state index in [4.69, 9.17) is 9.47 Å². The van der Waals surface area contributed by atoms with Crippen LogP contribution in [0, 0.1) is 11.8 Å². The number of fused-ring (bicyclic) bond motifs is 4. The second kappa shape index (κ2) is 7.71. The summed E-state index contributed by atoms with van der Waals surface area (Å²) in [6, 6.07) is 6.07. The molecule has 1 aromatic heterocycles. The Morgan fingerprint density at radius 2 is 2.13 bits per heavy atom. The number of nitrogens with one attached hydrogen (secondary N) is 1. The number of benzene rings is 1. The number of amides is 1. The molecule has 30 heavy (non-hydrogen) atoms. The van der Waals surface area contributed by atoms with Crippen molar-refractivity contribution in [2.45, 2.75) is 38.9 Å². The zero-order valence-corrected chi connectivity index (χ0v) is 16.9. The molecule has 1 amide bonds. The Balaban J connectivity index is 1.17. The summed E-state index contributed by atoms with van der Waals surface area (Å²) in [4.78, 5) is 26.7. The Labute approximate surface area is 174 Å². The van der Waals surface area contributed by atoms with E-state index in [1.165, 1.54) is 6.92 Å². The molecule has 2 unspecified atom stereocenters. The van der Waals surface area contributed by atoms with Crippen LogP contribution in [-0.2, 0) is 17.9 Å². The molecule has 9 nitrogen and oxygen atoms in total. The van der Waals surface area contributed by atoms with Crippen LogP contribution < -0.4 is 14.8 Å². The van der Waals surface area contributed by atoms with E-state index in [1.54, 1.807) is 10.9 Å². The Morgan fingerprint density at radius 1 is 1.27 bits per heavy atom. The van der Waals surface area contributed by atoms with Crippen LogP contribution in [0.15, 0.2) is 24.4 Å². The lowest BCUT2D eigenvalue weighted by molar-refractivity contribution is -0.133. The van der Waals surface area contributed by atoms with Crippen LogP contribution in [0.4, 0.5) is 0 Å². The molecule has 0 saturated carbocycles. The molecule has 2 bridgehead atoms. The molecular weight excluding hydrogens is 386 g/mol. The van der Waals surface area contributed by atoms with Gasteiger partial charge in [0.15, 0.2) is 17.3 Å². The Morgan fingerprint density at radius 3 is 2.90 bits per heavy atom. The van der Waals surface area contributed by atoms with Gasteiger partial charge in [0.05, 0.1) is 18.7 Å². The molecule has 3 fully saturated rings. The highest BCUT2D eigenvalue weighted by atomic mass is 16.7. The highest BCUT2D eigenvalue weighted by Gasteiger charge is 2.43. The average Bonchev–Trinajstić information content (AvgIpc) is 3.41. The lowest BCUT2D eigenvalue weighted by atomic mass is 9.75. The van der Waals surface area contributed by atoms with Gasteiger partial charge in [0.1, 0.15) is 5.69 Å². The van der Waals surface area contributed by atoms with E-state index in [0.717, 1.165) is 43.0 Å². The number of piperidine rings is 3. The SMILES string of the molecule is CC(=O)c1cn(C[C@H]2CC3CCN2C[C@@H]3C(=O)NCc2ccc3c(c2)OCO3)nn1. The molecule has 6 rings (SSSR count). The van der Waals surface area contributed by atoms with Crippen molar-refractivity contribution in [3.05, 3.63) is 35.7 Å². The molecule has 0 radical (unpaired) electrons. The quantitative estimate of drug-likeness (QED) is 0.714. The van der Waals surface area contributed by atoms with Crippen molar-refractivity contribution >= 4 is 11.7 Å². The van der Waals surface area contributed by atoms with Gasteiger partial charge in [0.2, 0.25) is 12.7 Å². The molecule has 3 saturated heterocycles. The normalized spacial score (nSPS) is 26.6. The number of aromatic nitrogens is 3. The van der Waals surface area contributed by atoms with Gasteiger partial charge >= 0.3 is 0 Å². The first-order valence-electron chi connectivity index (χ1n) is 10.4. The summed E-state index contributed by atoms with van der Waals surface area (Å²) in [6.45, 7) is 4.67. The second-order valence-electron chi connectivity index (χ2n) is 8.33. The fourth-order valence-corrected chi connectivity index (χ4v) is 4.76. The van der Waals surface area contributed by atoms with Crippen molar-refractivity contribution < 1.29 is 19.1 Å². The molecule has 9 heteroatoms. The van der Waals surface area contributed by atoms with Crippen molar-refractivity contribution in [3.63, 3.8) is 0 Å². The van der Waals surface area contributed by atoms with Crippen LogP contribution in [-0.4, -0.2) is 57.5 Å². The number of rotatable bonds is 6. The summed E-state index contributed by atoms with van der Waals surface area (Å²) in [5.74, 6) is 1.89. The molecule has 2 aromatic rings. The fraction of sp³-hybridized carbons (Fsp3) is 0.524. The van der Waals surface area contributed by atoms with Gasteiger partial charge in [-0.1, -0.05) is 11.3 Å². The molecule has 4 aliphatic heterocycles. The number of carbonyl (C=O) groups is 2. The fourth-order valence-electron chi connectivity index (χ4n) is 4.76. The van der Waals surface area contributed by atoms with Crippen molar-refractivity contribution in [2.75, 3.05) is 19.9 Å². The summed E-state index contributed by atoms with van der Waals surface area (Å²) < 4.78 is 12.5. The van der Waals surface area contributed by atoms with Gasteiger partial charge in [-0.3, -0.25) is 19.2 Å². The van der Waals surface area contributed by atoms with E-state index in [9.17, 15) is 9.59 Å². The highest BCUT2D eigenvalue weighted by Crippen LogP contribution is 2.37. The molecular formula is C21H25N5O4. The molecule has 4 atom stereocenters. The van der Waals surface area contributed by atoms with Gasteiger partial charge in [0, 0.05) is 26.1 Å². The van der Waals surface area contributed by atoms with Crippen LogP contribution in [0.25, 0.3) is 0 Å². The summed E-state index contributed by atoms with van der Waals surface area (Å²) in [6.07, 6.45) is 3.70. The Bertz CT molecular complexity index is 974. The molecule has 0 aliphatic carbocycles. The summed E-state index contributed by atoms with van der Waals surface area (Å²) >= 11 is 0. The maximum absolute atomic E-state index is 12.9. The molecule has 4 aliphatic rings. The number of hydrogen-bond acceptors (Lipinski definition) is 7. The lowest BCUT2D eigenvalue weighted by Gasteiger charge is -2.49. The first kappa shape index (κ1) is 19.0. The highest BCUT2D eigenvalue weighted by molar-refractivity contribution is 5.91. The summed E-state index contributed by atoms with van der Waals surface area (Å²) in [5.41, 5.74) is 1.39. The van der Waals surface area contributed by atoms with Crippen molar-refractivity contribution in [1.82, 2.24) is 25.2 Å². The van der Waals surface area contributed by atoms with Crippen molar-refractivity contribution in [2.24, 2.45) is 11.8 Å². The third-order valence-corrected chi connectivity index (χ3v) is 6.42. The number of nitrogens with zero attached hydrogens (tertiary/aromatic N) is 4. The number of Topliss-reactive ketones (excluding diaryl/α,β-unsaturated/α-hetero) is 1. The van der Waals surface area contributed by atoms with E-state index in [1.807, 2.05) is 18.2 Å². The Hall–Kier alpha value is -2.94. The first-order valence-corrected chi connectivity index (χ1v) is 10.4. The van der Waals surface area contributed by atoms with Crippen LogP contribution in [0.5, 0.6) is 11.5 Å². The minimum atomic E-state index is -0.0779. The third kappa shape index (κ3) is 3.65. The van der Waals surface area contributed by atoms with Crippen LogP contribution in [0.2, 0.25) is 0 Å². The largest absolute Gasteiger partial charge is 0.454 e. The van der Waals surface area contributed by atoms with E-state index < -0.39 is 0 Å². The maximum atomic E-state index is 12.9. The summed E-state index contributed by atoms with van der Waals surface area (Å²) in [7, 11) is 0. The molecule has 158 valence electrons. The smallest absolute Gasteiger partial charge is 0.231 e.